The number of anilines is 1. The summed E-state index contributed by atoms with van der Waals surface area (Å²) in [6.07, 6.45) is 2.45. The number of likely N-dealkylation sites (N-methyl/N-ethyl adjacent to an activating group) is 1. The first-order chi connectivity index (χ1) is 8.63. The molecule has 4 N–H and O–H groups in total. The molecule has 1 rings (SSSR count). The lowest BCUT2D eigenvalue weighted by molar-refractivity contribution is 0.125. The number of hydrogen-bond acceptors (Lipinski definition) is 4. The highest BCUT2D eigenvalue weighted by atomic mass is 16.3. The maximum absolute atomic E-state index is 10.1. The van der Waals surface area contributed by atoms with E-state index in [4.69, 9.17) is 10.8 Å². The second-order valence-electron chi connectivity index (χ2n) is 4.73. The Bertz CT molecular complexity index is 327. The van der Waals surface area contributed by atoms with Crippen molar-refractivity contribution in [2.75, 3.05) is 32.5 Å². The van der Waals surface area contributed by atoms with Gasteiger partial charge < -0.3 is 20.8 Å². The molecule has 0 fully saturated rings. The highest BCUT2D eigenvalue weighted by Crippen LogP contribution is 2.15. The van der Waals surface area contributed by atoms with E-state index in [1.165, 1.54) is 0 Å². The van der Waals surface area contributed by atoms with E-state index in [0.29, 0.717) is 12.2 Å². The van der Waals surface area contributed by atoms with Crippen LogP contribution in [0.5, 0.6) is 0 Å². The van der Waals surface area contributed by atoms with Gasteiger partial charge in [0.15, 0.2) is 0 Å². The fourth-order valence-corrected chi connectivity index (χ4v) is 1.88. The minimum absolute atomic E-state index is 0.262. The van der Waals surface area contributed by atoms with Crippen LogP contribution in [0.25, 0.3) is 0 Å². The molecule has 0 heterocycles. The van der Waals surface area contributed by atoms with Gasteiger partial charge in [0.1, 0.15) is 0 Å². The van der Waals surface area contributed by atoms with Gasteiger partial charge in [-0.25, -0.2) is 0 Å². The Morgan fingerprint density at radius 2 is 1.83 bits per heavy atom. The van der Waals surface area contributed by atoms with Crippen LogP contribution in [0.2, 0.25) is 0 Å². The Hall–Kier alpha value is -1.10. The van der Waals surface area contributed by atoms with E-state index >= 15 is 0 Å². The van der Waals surface area contributed by atoms with E-state index in [0.717, 1.165) is 31.4 Å². The van der Waals surface area contributed by atoms with Crippen molar-refractivity contribution in [1.82, 2.24) is 4.90 Å². The van der Waals surface area contributed by atoms with Crippen LogP contribution in [-0.2, 0) is 0 Å². The van der Waals surface area contributed by atoms with Gasteiger partial charge in [-0.2, -0.15) is 0 Å². The van der Waals surface area contributed by atoms with Gasteiger partial charge in [-0.15, -0.1) is 0 Å². The van der Waals surface area contributed by atoms with Gasteiger partial charge in [0.25, 0.3) is 0 Å². The van der Waals surface area contributed by atoms with E-state index in [-0.39, 0.29) is 6.61 Å². The summed E-state index contributed by atoms with van der Waals surface area (Å²) in [6, 6.07) is 7.33. The number of aliphatic hydroxyl groups excluding tert-OH is 2. The second kappa shape index (κ2) is 8.08. The molecule has 0 aliphatic rings. The molecule has 0 aliphatic carbocycles. The topological polar surface area (TPSA) is 69.7 Å². The highest BCUT2D eigenvalue weighted by Gasteiger charge is 2.10. The third-order valence-corrected chi connectivity index (χ3v) is 3.00. The van der Waals surface area contributed by atoms with E-state index in [1.807, 2.05) is 19.2 Å². The predicted octanol–water partition coefficient (Wildman–Crippen LogP) is 1.40. The first kappa shape index (κ1) is 15.0. The predicted molar refractivity (Wildman–Crippen MR) is 74.2 cm³/mol. The molecule has 0 radical (unpaired) electrons. The van der Waals surface area contributed by atoms with Gasteiger partial charge in [-0.05, 0) is 50.6 Å². The third-order valence-electron chi connectivity index (χ3n) is 3.00. The number of nitrogens with zero attached hydrogens (tertiary/aromatic N) is 1. The Labute approximate surface area is 109 Å². The van der Waals surface area contributed by atoms with Crippen LogP contribution in [0.4, 0.5) is 5.69 Å². The molecule has 0 aliphatic heterocycles. The number of hydrogen-bond donors (Lipinski definition) is 3. The molecule has 1 atom stereocenters. The van der Waals surface area contributed by atoms with Crippen molar-refractivity contribution in [3.8, 4) is 0 Å². The third kappa shape index (κ3) is 5.49. The van der Waals surface area contributed by atoms with Crippen molar-refractivity contribution in [3.63, 3.8) is 0 Å². The molecule has 1 aromatic rings. The molecule has 4 nitrogen and oxygen atoms in total. The van der Waals surface area contributed by atoms with Gasteiger partial charge in [-0.1, -0.05) is 12.1 Å². The summed E-state index contributed by atoms with van der Waals surface area (Å²) in [7, 11) is 2.00. The van der Waals surface area contributed by atoms with Crippen molar-refractivity contribution >= 4 is 5.69 Å². The summed E-state index contributed by atoms with van der Waals surface area (Å²) in [6.45, 7) is 1.81. The van der Waals surface area contributed by atoms with E-state index in [2.05, 4.69) is 4.90 Å². The number of aliphatic hydroxyl groups is 2. The normalized spacial score (nSPS) is 12.9. The van der Waals surface area contributed by atoms with Crippen LogP contribution in [0.3, 0.4) is 0 Å². The van der Waals surface area contributed by atoms with Gasteiger partial charge in [0, 0.05) is 18.8 Å². The molecule has 0 bridgehead atoms. The lowest BCUT2D eigenvalue weighted by Gasteiger charge is -2.20. The van der Waals surface area contributed by atoms with Crippen molar-refractivity contribution < 1.29 is 10.2 Å². The van der Waals surface area contributed by atoms with Crippen molar-refractivity contribution in [2.45, 2.75) is 25.4 Å². The zero-order chi connectivity index (χ0) is 13.4. The van der Waals surface area contributed by atoms with Crippen LogP contribution >= 0.6 is 0 Å². The summed E-state index contributed by atoms with van der Waals surface area (Å²) in [4.78, 5) is 2.11. The van der Waals surface area contributed by atoms with Crippen LogP contribution in [0, 0.1) is 0 Å². The molecular weight excluding hydrogens is 228 g/mol. The molecule has 4 heteroatoms. The van der Waals surface area contributed by atoms with Crippen LogP contribution in [0.1, 0.15) is 30.9 Å². The molecule has 0 spiro atoms. The first-order valence-corrected chi connectivity index (χ1v) is 6.46. The first-order valence-electron chi connectivity index (χ1n) is 6.46. The molecule has 1 unspecified atom stereocenters. The van der Waals surface area contributed by atoms with Crippen molar-refractivity contribution in [1.29, 1.82) is 0 Å². The molecule has 0 aromatic heterocycles. The van der Waals surface area contributed by atoms with Gasteiger partial charge in [0.05, 0.1) is 6.10 Å². The number of rotatable bonds is 8. The van der Waals surface area contributed by atoms with E-state index in [9.17, 15) is 5.11 Å². The minimum atomic E-state index is -0.478. The Morgan fingerprint density at radius 3 is 2.44 bits per heavy atom. The Kier molecular flexibility index (Phi) is 6.72. The standard InChI is InChI=1S/C14H24N2O2/c1-16(9-3-2-4-10-17)11-14(18)12-5-7-13(15)8-6-12/h5-8,14,17-18H,2-4,9-11,15H2,1H3. The second-order valence-corrected chi connectivity index (χ2v) is 4.73. The van der Waals surface area contributed by atoms with Crippen LogP contribution in [0.15, 0.2) is 24.3 Å². The average molecular weight is 252 g/mol. The fraction of sp³-hybridized carbons (Fsp3) is 0.571. The molecule has 102 valence electrons. The van der Waals surface area contributed by atoms with Crippen LogP contribution in [-0.4, -0.2) is 41.9 Å². The number of unbranched alkanes of at least 4 members (excludes halogenated alkanes) is 2. The van der Waals surface area contributed by atoms with Crippen molar-refractivity contribution in [3.05, 3.63) is 29.8 Å². The smallest absolute Gasteiger partial charge is 0.0916 e. The lowest BCUT2D eigenvalue weighted by atomic mass is 10.1. The highest BCUT2D eigenvalue weighted by molar-refractivity contribution is 5.39. The summed E-state index contributed by atoms with van der Waals surface area (Å²) < 4.78 is 0. The van der Waals surface area contributed by atoms with E-state index < -0.39 is 6.10 Å². The Morgan fingerprint density at radius 1 is 1.17 bits per heavy atom. The van der Waals surface area contributed by atoms with Crippen molar-refractivity contribution in [2.24, 2.45) is 0 Å². The van der Waals surface area contributed by atoms with E-state index in [1.54, 1.807) is 12.1 Å². The number of benzene rings is 1. The zero-order valence-electron chi connectivity index (χ0n) is 11.0. The molecular formula is C14H24N2O2. The summed E-state index contributed by atoms with van der Waals surface area (Å²) in [5, 5.41) is 18.7. The largest absolute Gasteiger partial charge is 0.399 e. The van der Waals surface area contributed by atoms with Gasteiger partial charge in [0.2, 0.25) is 0 Å². The molecule has 0 amide bonds. The zero-order valence-corrected chi connectivity index (χ0v) is 11.0. The number of nitrogen functional groups attached to an aromatic ring is 1. The fourth-order valence-electron chi connectivity index (χ4n) is 1.88. The number of nitrogens with two attached hydrogens (primary N) is 1. The maximum Gasteiger partial charge on any atom is 0.0916 e. The summed E-state index contributed by atoms with van der Waals surface area (Å²) >= 11 is 0. The molecule has 1 aromatic carbocycles. The van der Waals surface area contributed by atoms with Crippen LogP contribution < -0.4 is 5.73 Å². The van der Waals surface area contributed by atoms with Gasteiger partial charge >= 0.3 is 0 Å². The van der Waals surface area contributed by atoms with Gasteiger partial charge in [-0.3, -0.25) is 0 Å². The SMILES string of the molecule is CN(CCCCCO)CC(O)c1ccc(N)cc1. The molecule has 0 saturated heterocycles. The average Bonchev–Trinajstić information content (AvgIpc) is 2.35. The lowest BCUT2D eigenvalue weighted by Crippen LogP contribution is -2.25. The Balaban J connectivity index is 2.30. The minimum Gasteiger partial charge on any atom is -0.399 e. The summed E-state index contributed by atoms with van der Waals surface area (Å²) in [5.74, 6) is 0. The monoisotopic (exact) mass is 252 g/mol. The maximum atomic E-state index is 10.1. The molecule has 0 saturated carbocycles. The quantitative estimate of drug-likeness (QED) is 0.483. The molecule has 18 heavy (non-hydrogen) atoms. The summed E-state index contributed by atoms with van der Waals surface area (Å²) in [5.41, 5.74) is 7.22.